The monoisotopic (exact) mass is 270 g/mol. The van der Waals surface area contributed by atoms with Crippen LogP contribution in [0.15, 0.2) is 36.7 Å². The number of rotatable bonds is 2. The smallest absolute Gasteiger partial charge is 0.161 e. The number of nitrogens with zero attached hydrogens (tertiary/aromatic N) is 2. The molecule has 0 radical (unpaired) electrons. The maximum atomic E-state index is 10.7. The molecule has 4 nitrogen and oxygen atoms in total. The summed E-state index contributed by atoms with van der Waals surface area (Å²) in [7, 11) is 0. The lowest BCUT2D eigenvalue weighted by Crippen LogP contribution is -1.92. The molecule has 0 spiro atoms. The van der Waals surface area contributed by atoms with Crippen LogP contribution in [0.4, 0.5) is 0 Å². The Labute approximate surface area is 118 Å². The van der Waals surface area contributed by atoms with Gasteiger partial charge in [-0.15, -0.1) is 0 Å². The molecule has 0 N–H and O–H groups in total. The van der Waals surface area contributed by atoms with Gasteiger partial charge in [0.05, 0.1) is 0 Å². The Balaban J connectivity index is 0.000000200. The van der Waals surface area contributed by atoms with Crippen LogP contribution >= 0.6 is 0 Å². The zero-order chi connectivity index (χ0) is 15.1. The van der Waals surface area contributed by atoms with Crippen molar-refractivity contribution in [1.29, 1.82) is 0 Å². The van der Waals surface area contributed by atoms with Crippen LogP contribution in [0.2, 0.25) is 0 Å². The van der Waals surface area contributed by atoms with Crippen molar-refractivity contribution in [1.82, 2.24) is 9.97 Å². The third-order valence-corrected chi connectivity index (χ3v) is 2.64. The zero-order valence-corrected chi connectivity index (χ0v) is 12.2. The molecular formula is C16H18N2O2. The van der Waals surface area contributed by atoms with Crippen molar-refractivity contribution >= 4 is 11.6 Å². The first kappa shape index (κ1) is 15.7. The van der Waals surface area contributed by atoms with Gasteiger partial charge in [0.1, 0.15) is 0 Å². The maximum Gasteiger partial charge on any atom is 0.161 e. The van der Waals surface area contributed by atoms with Crippen LogP contribution in [-0.2, 0) is 0 Å². The molecule has 104 valence electrons. The number of hydrogen-bond acceptors (Lipinski definition) is 4. The van der Waals surface area contributed by atoms with Gasteiger partial charge in [-0.3, -0.25) is 19.6 Å². The summed E-state index contributed by atoms with van der Waals surface area (Å²) in [6.07, 6.45) is 3.19. The fraction of sp³-hybridized carbons (Fsp3) is 0.250. The van der Waals surface area contributed by atoms with E-state index in [9.17, 15) is 9.59 Å². The lowest BCUT2D eigenvalue weighted by atomic mass is 10.2. The van der Waals surface area contributed by atoms with Crippen LogP contribution in [0.25, 0.3) is 0 Å². The first-order valence-corrected chi connectivity index (χ1v) is 6.27. The Morgan fingerprint density at radius 2 is 1.10 bits per heavy atom. The molecule has 0 fully saturated rings. The Bertz CT molecular complexity index is 531. The Morgan fingerprint density at radius 1 is 0.750 bits per heavy atom. The summed E-state index contributed by atoms with van der Waals surface area (Å²) in [6.45, 7) is 6.85. The van der Waals surface area contributed by atoms with E-state index in [4.69, 9.17) is 0 Å². The predicted octanol–water partition coefficient (Wildman–Crippen LogP) is 3.19. The predicted molar refractivity (Wildman–Crippen MR) is 78.0 cm³/mol. The van der Waals surface area contributed by atoms with Crippen molar-refractivity contribution in [2.75, 3.05) is 0 Å². The van der Waals surface area contributed by atoms with Gasteiger partial charge in [-0.05, 0) is 52.0 Å². The topological polar surface area (TPSA) is 59.9 Å². The van der Waals surface area contributed by atoms with Crippen LogP contribution in [0, 0.1) is 13.8 Å². The minimum atomic E-state index is 0.0625. The summed E-state index contributed by atoms with van der Waals surface area (Å²) in [5, 5.41) is 0. The number of carbonyl (C=O) groups excluding carboxylic acids is 2. The van der Waals surface area contributed by atoms with Gasteiger partial charge in [0.2, 0.25) is 0 Å². The first-order chi connectivity index (χ1) is 9.40. The Kier molecular flexibility index (Phi) is 5.72. The number of hydrogen-bond donors (Lipinski definition) is 0. The third kappa shape index (κ3) is 5.10. The van der Waals surface area contributed by atoms with Crippen molar-refractivity contribution in [2.24, 2.45) is 0 Å². The van der Waals surface area contributed by atoms with Gasteiger partial charge in [0.15, 0.2) is 11.6 Å². The van der Waals surface area contributed by atoms with Gasteiger partial charge in [-0.25, -0.2) is 0 Å². The molecule has 2 aromatic rings. The van der Waals surface area contributed by atoms with E-state index in [1.807, 2.05) is 26.0 Å². The molecule has 0 unspecified atom stereocenters. The summed E-state index contributed by atoms with van der Waals surface area (Å²) >= 11 is 0. The van der Waals surface area contributed by atoms with Gasteiger partial charge in [0.25, 0.3) is 0 Å². The molecule has 2 heterocycles. The van der Waals surface area contributed by atoms with E-state index >= 15 is 0 Å². The van der Waals surface area contributed by atoms with Crippen molar-refractivity contribution in [3.63, 3.8) is 0 Å². The summed E-state index contributed by atoms with van der Waals surface area (Å²) in [6, 6.07) is 7.22. The number of pyridine rings is 2. The normalized spacial score (nSPS) is 9.40. The molecule has 4 heteroatoms. The molecule has 0 atom stereocenters. The lowest BCUT2D eigenvalue weighted by Gasteiger charge is -1.93. The minimum absolute atomic E-state index is 0.0625. The third-order valence-electron chi connectivity index (χ3n) is 2.64. The fourth-order valence-electron chi connectivity index (χ4n) is 1.35. The molecule has 0 bridgehead atoms. The van der Waals surface area contributed by atoms with E-state index in [1.54, 1.807) is 24.5 Å². The van der Waals surface area contributed by atoms with Gasteiger partial charge >= 0.3 is 0 Å². The van der Waals surface area contributed by atoms with Crippen LogP contribution < -0.4 is 0 Å². The summed E-state index contributed by atoms with van der Waals surface area (Å²) in [5.74, 6) is 0.125. The molecule has 20 heavy (non-hydrogen) atoms. The van der Waals surface area contributed by atoms with Gasteiger partial charge in [0, 0.05) is 34.9 Å². The minimum Gasteiger partial charge on any atom is -0.294 e. The highest BCUT2D eigenvalue weighted by atomic mass is 16.1. The lowest BCUT2D eigenvalue weighted by molar-refractivity contribution is 0.100. The second-order valence-corrected chi connectivity index (χ2v) is 4.49. The zero-order valence-electron chi connectivity index (χ0n) is 12.2. The molecule has 0 saturated heterocycles. The second-order valence-electron chi connectivity index (χ2n) is 4.49. The molecule has 2 aromatic heterocycles. The Hall–Kier alpha value is -2.36. The standard InChI is InChI=1S/2C8H9NO/c2*1-6-3-4-8(5-9-6)7(2)10/h2*3-5H,1-2H3. The van der Waals surface area contributed by atoms with Gasteiger partial charge in [-0.1, -0.05) is 0 Å². The molecular weight excluding hydrogens is 252 g/mol. The van der Waals surface area contributed by atoms with Crippen molar-refractivity contribution in [3.05, 3.63) is 59.2 Å². The number of carbonyl (C=O) groups is 2. The summed E-state index contributed by atoms with van der Waals surface area (Å²) in [4.78, 5) is 29.4. The highest BCUT2D eigenvalue weighted by Crippen LogP contribution is 1.99. The molecule has 0 aliphatic carbocycles. The van der Waals surface area contributed by atoms with E-state index in [-0.39, 0.29) is 11.6 Å². The highest BCUT2D eigenvalue weighted by Gasteiger charge is 1.97. The van der Waals surface area contributed by atoms with E-state index < -0.39 is 0 Å². The van der Waals surface area contributed by atoms with Crippen molar-refractivity contribution in [2.45, 2.75) is 27.7 Å². The fourth-order valence-corrected chi connectivity index (χ4v) is 1.35. The first-order valence-electron chi connectivity index (χ1n) is 6.27. The highest BCUT2D eigenvalue weighted by molar-refractivity contribution is 5.94. The molecule has 0 aliphatic heterocycles. The molecule has 0 amide bonds. The van der Waals surface area contributed by atoms with E-state index in [0.29, 0.717) is 11.1 Å². The number of aryl methyl sites for hydroxylation is 2. The SMILES string of the molecule is CC(=O)c1ccc(C)nc1.CC(=O)c1ccc(C)nc1. The largest absolute Gasteiger partial charge is 0.294 e. The van der Waals surface area contributed by atoms with Crippen molar-refractivity contribution in [3.8, 4) is 0 Å². The van der Waals surface area contributed by atoms with E-state index in [2.05, 4.69) is 9.97 Å². The molecule has 0 aliphatic rings. The maximum absolute atomic E-state index is 10.7. The average molecular weight is 270 g/mol. The average Bonchev–Trinajstić information content (AvgIpc) is 2.40. The molecule has 0 saturated carbocycles. The number of Topliss-reactive ketones (excluding diaryl/α,β-unsaturated/α-hetero) is 2. The van der Waals surface area contributed by atoms with Crippen LogP contribution in [0.1, 0.15) is 46.0 Å². The van der Waals surface area contributed by atoms with Gasteiger partial charge < -0.3 is 0 Å². The summed E-state index contributed by atoms with van der Waals surface area (Å²) < 4.78 is 0. The quantitative estimate of drug-likeness (QED) is 0.786. The molecule has 2 rings (SSSR count). The number of aromatic nitrogens is 2. The van der Waals surface area contributed by atoms with Crippen molar-refractivity contribution < 1.29 is 9.59 Å². The Morgan fingerprint density at radius 3 is 1.30 bits per heavy atom. The van der Waals surface area contributed by atoms with E-state index in [1.165, 1.54) is 13.8 Å². The summed E-state index contributed by atoms with van der Waals surface area (Å²) in [5.41, 5.74) is 3.21. The van der Waals surface area contributed by atoms with Crippen LogP contribution in [0.3, 0.4) is 0 Å². The van der Waals surface area contributed by atoms with Crippen LogP contribution in [0.5, 0.6) is 0 Å². The van der Waals surface area contributed by atoms with E-state index in [0.717, 1.165) is 11.4 Å². The second kappa shape index (κ2) is 7.28. The van der Waals surface area contributed by atoms with Crippen LogP contribution in [-0.4, -0.2) is 21.5 Å². The van der Waals surface area contributed by atoms with Gasteiger partial charge in [-0.2, -0.15) is 0 Å². The number of ketones is 2. The molecule has 0 aromatic carbocycles.